The molecule has 0 radical (unpaired) electrons. The Morgan fingerprint density at radius 2 is 0.625 bits per heavy atom. The van der Waals surface area contributed by atoms with Crippen LogP contribution < -0.4 is 0 Å². The van der Waals surface area contributed by atoms with E-state index in [4.69, 9.17) is 9.97 Å². The topological polar surface area (TPSA) is 25.8 Å². The van der Waals surface area contributed by atoms with E-state index < -0.39 is 0 Å². The molecule has 13 rings (SSSR count). The first-order valence-electron chi connectivity index (χ1n) is 21.7. The molecule has 0 bridgehead atoms. The second kappa shape index (κ2) is 15.0. The quantitative estimate of drug-likeness (QED) is 0.156. The number of hydrogen-bond donors (Lipinski definition) is 0. The van der Waals surface area contributed by atoms with Gasteiger partial charge in [-0.2, -0.15) is 0 Å². The molecule has 0 saturated carbocycles. The summed E-state index contributed by atoms with van der Waals surface area (Å²) in [4.78, 5) is 11.2. The predicted molar refractivity (Wildman–Crippen MR) is 275 cm³/mol. The van der Waals surface area contributed by atoms with E-state index in [1.54, 1.807) is 0 Å². The van der Waals surface area contributed by atoms with E-state index in [-0.39, 0.29) is 0 Å². The third-order valence-electron chi connectivity index (χ3n) is 12.7. The van der Waals surface area contributed by atoms with Crippen LogP contribution in [0.5, 0.6) is 0 Å². The smallest absolute Gasteiger partial charge is 0.161 e. The third-order valence-corrected chi connectivity index (χ3v) is 15.2. The predicted octanol–water partition coefficient (Wildman–Crippen LogP) is 17.5. The Labute approximate surface area is 378 Å². The zero-order chi connectivity index (χ0) is 42.1. The highest BCUT2D eigenvalue weighted by Crippen LogP contribution is 2.49. The van der Waals surface area contributed by atoms with Crippen molar-refractivity contribution in [1.29, 1.82) is 0 Å². The summed E-state index contributed by atoms with van der Waals surface area (Å²) in [6.45, 7) is 0. The van der Waals surface area contributed by atoms with Crippen LogP contribution in [0.1, 0.15) is 0 Å². The molecular formula is C60H36N2S2. The van der Waals surface area contributed by atoms with Crippen LogP contribution in [-0.2, 0) is 0 Å². The lowest BCUT2D eigenvalue weighted by atomic mass is 9.83. The van der Waals surface area contributed by atoms with Gasteiger partial charge < -0.3 is 0 Å². The maximum absolute atomic E-state index is 5.60. The maximum atomic E-state index is 5.60. The van der Waals surface area contributed by atoms with Crippen molar-refractivity contribution in [3.63, 3.8) is 0 Å². The molecule has 0 aliphatic carbocycles. The zero-order valence-corrected chi connectivity index (χ0v) is 36.1. The Kier molecular flexibility index (Phi) is 8.61. The summed E-state index contributed by atoms with van der Waals surface area (Å²) in [5, 5.41) is 9.83. The first-order chi connectivity index (χ1) is 31.8. The highest BCUT2D eigenvalue weighted by Gasteiger charge is 2.23. The molecule has 0 fully saturated rings. The zero-order valence-electron chi connectivity index (χ0n) is 34.5. The van der Waals surface area contributed by atoms with Crippen LogP contribution in [0.15, 0.2) is 218 Å². The first kappa shape index (κ1) is 36.9. The van der Waals surface area contributed by atoms with Crippen molar-refractivity contribution in [2.24, 2.45) is 0 Å². The van der Waals surface area contributed by atoms with E-state index in [0.717, 1.165) is 33.6 Å². The molecule has 298 valence electrons. The van der Waals surface area contributed by atoms with Gasteiger partial charge in [0.25, 0.3) is 0 Å². The molecule has 0 aliphatic heterocycles. The fourth-order valence-corrected chi connectivity index (χ4v) is 12.4. The van der Waals surface area contributed by atoms with Gasteiger partial charge in [-0.1, -0.05) is 200 Å². The van der Waals surface area contributed by atoms with E-state index >= 15 is 0 Å². The lowest BCUT2D eigenvalue weighted by molar-refractivity contribution is 1.19. The van der Waals surface area contributed by atoms with Gasteiger partial charge in [0, 0.05) is 57.0 Å². The molecule has 3 heterocycles. The van der Waals surface area contributed by atoms with E-state index in [0.29, 0.717) is 5.82 Å². The van der Waals surface area contributed by atoms with Crippen LogP contribution in [0.3, 0.4) is 0 Å². The molecule has 13 aromatic rings. The number of thiophene rings is 2. The SMILES string of the molecule is c1ccc(-c2ccccc2-c2c3ccccc3c(-c3ccccc3-c3nc(-c4cccc5c4sc4ccccc45)cc(-c4cccc5c4sc4ccccc45)n3)c3ccccc23)cc1. The van der Waals surface area contributed by atoms with E-state index in [9.17, 15) is 0 Å². The molecule has 0 atom stereocenters. The molecule has 64 heavy (non-hydrogen) atoms. The number of nitrogens with zero attached hydrogens (tertiary/aromatic N) is 2. The second-order valence-corrected chi connectivity index (χ2v) is 18.4. The van der Waals surface area contributed by atoms with Crippen molar-refractivity contribution in [2.45, 2.75) is 0 Å². The Morgan fingerprint density at radius 3 is 1.12 bits per heavy atom. The van der Waals surface area contributed by atoms with Crippen molar-refractivity contribution in [3.8, 4) is 67.3 Å². The standard InChI is InChI=1S/C60H36N2S2/c1-2-18-37(19-3-1)38-20-4-5-23-41(38)56-42-24-6-8-26-44(42)57(45-27-9-7-25-43(45)56)46-28-10-11-29-49(46)60-61-52(50-32-16-30-47-39-21-12-14-34-54(39)63-58(47)50)36-53(62-60)51-33-17-31-48-40-22-13-15-35-55(40)64-59(48)51/h1-36H. The van der Waals surface area contributed by atoms with Crippen LogP contribution in [-0.4, -0.2) is 9.97 Å². The lowest BCUT2D eigenvalue weighted by Crippen LogP contribution is -1.98. The van der Waals surface area contributed by atoms with Gasteiger partial charge in [0.05, 0.1) is 11.4 Å². The normalized spacial score (nSPS) is 11.8. The largest absolute Gasteiger partial charge is 0.228 e. The Morgan fingerprint density at radius 1 is 0.266 bits per heavy atom. The molecule has 0 saturated heterocycles. The van der Waals surface area contributed by atoms with Gasteiger partial charge in [0.2, 0.25) is 0 Å². The molecular weight excluding hydrogens is 813 g/mol. The van der Waals surface area contributed by atoms with Gasteiger partial charge in [-0.3, -0.25) is 0 Å². The van der Waals surface area contributed by atoms with Crippen molar-refractivity contribution in [1.82, 2.24) is 9.97 Å². The minimum absolute atomic E-state index is 0.700. The number of rotatable bonds is 6. The number of aromatic nitrogens is 2. The second-order valence-electron chi connectivity index (χ2n) is 16.3. The van der Waals surface area contributed by atoms with Crippen molar-refractivity contribution >= 4 is 84.6 Å². The molecule has 10 aromatic carbocycles. The molecule has 3 aromatic heterocycles. The number of fused-ring (bicyclic) bond motifs is 8. The highest BCUT2D eigenvalue weighted by atomic mass is 32.1. The molecule has 0 unspecified atom stereocenters. The fourth-order valence-electron chi connectivity index (χ4n) is 9.92. The summed E-state index contributed by atoms with van der Waals surface area (Å²) in [5.74, 6) is 0.700. The van der Waals surface area contributed by atoms with Crippen molar-refractivity contribution in [3.05, 3.63) is 218 Å². The summed E-state index contributed by atoms with van der Waals surface area (Å²) in [7, 11) is 0. The average molecular weight is 849 g/mol. The van der Waals surface area contributed by atoms with Crippen LogP contribution in [0, 0.1) is 0 Å². The molecule has 0 spiro atoms. The molecule has 2 nitrogen and oxygen atoms in total. The average Bonchev–Trinajstić information content (AvgIpc) is 3.95. The summed E-state index contributed by atoms with van der Waals surface area (Å²) >= 11 is 3.67. The minimum atomic E-state index is 0.700. The van der Waals surface area contributed by atoms with E-state index in [1.807, 2.05) is 22.7 Å². The van der Waals surface area contributed by atoms with E-state index in [2.05, 4.69) is 218 Å². The lowest BCUT2D eigenvalue weighted by Gasteiger charge is -2.21. The summed E-state index contributed by atoms with van der Waals surface area (Å²) in [5.41, 5.74) is 12.2. The molecule has 0 N–H and O–H groups in total. The Bertz CT molecular complexity index is 3780. The third kappa shape index (κ3) is 5.84. The summed E-state index contributed by atoms with van der Waals surface area (Å²) < 4.78 is 5.01. The Balaban J connectivity index is 1.09. The summed E-state index contributed by atoms with van der Waals surface area (Å²) in [6.07, 6.45) is 0. The van der Waals surface area contributed by atoms with Gasteiger partial charge in [0.1, 0.15) is 0 Å². The fraction of sp³-hybridized carbons (Fsp3) is 0. The van der Waals surface area contributed by atoms with Crippen LogP contribution in [0.2, 0.25) is 0 Å². The van der Waals surface area contributed by atoms with Gasteiger partial charge >= 0.3 is 0 Å². The molecule has 0 aliphatic rings. The van der Waals surface area contributed by atoms with Gasteiger partial charge in [-0.25, -0.2) is 9.97 Å². The summed E-state index contributed by atoms with van der Waals surface area (Å²) in [6, 6.07) is 79.1. The maximum Gasteiger partial charge on any atom is 0.161 e. The van der Waals surface area contributed by atoms with Crippen molar-refractivity contribution < 1.29 is 0 Å². The van der Waals surface area contributed by atoms with E-state index in [1.165, 1.54) is 89.7 Å². The number of benzene rings is 10. The van der Waals surface area contributed by atoms with Gasteiger partial charge in [-0.05, 0) is 73.1 Å². The van der Waals surface area contributed by atoms with Crippen LogP contribution >= 0.6 is 22.7 Å². The monoisotopic (exact) mass is 848 g/mol. The van der Waals surface area contributed by atoms with Gasteiger partial charge in [-0.15, -0.1) is 22.7 Å². The van der Waals surface area contributed by atoms with Gasteiger partial charge in [0.15, 0.2) is 5.82 Å². The van der Waals surface area contributed by atoms with Crippen molar-refractivity contribution in [2.75, 3.05) is 0 Å². The molecule has 4 heteroatoms. The highest BCUT2D eigenvalue weighted by molar-refractivity contribution is 7.26. The number of hydrogen-bond acceptors (Lipinski definition) is 4. The molecule has 0 amide bonds. The van der Waals surface area contributed by atoms with Crippen LogP contribution in [0.4, 0.5) is 0 Å². The first-order valence-corrected chi connectivity index (χ1v) is 23.3. The van der Waals surface area contributed by atoms with Crippen LogP contribution in [0.25, 0.3) is 129 Å². The minimum Gasteiger partial charge on any atom is -0.228 e. The Hall–Kier alpha value is -7.76.